The summed E-state index contributed by atoms with van der Waals surface area (Å²) in [7, 11) is 2.22. The first kappa shape index (κ1) is 13.8. The van der Waals surface area contributed by atoms with E-state index in [1.165, 1.54) is 11.1 Å². The molecular formula is C17H22N4+2. The molecule has 3 rings (SSSR count). The Labute approximate surface area is 125 Å². The number of nitrogens with zero attached hydrogens (tertiary/aromatic N) is 2. The first-order chi connectivity index (χ1) is 10.1. The lowest BCUT2D eigenvalue weighted by Crippen LogP contribution is -3.12. The van der Waals surface area contributed by atoms with Crippen molar-refractivity contribution in [2.24, 2.45) is 0 Å². The molecule has 0 aliphatic carbocycles. The number of nitrogens with one attached hydrogen (secondary N) is 2. The Kier molecular flexibility index (Phi) is 3.52. The molecule has 1 fully saturated rings. The van der Waals surface area contributed by atoms with Crippen molar-refractivity contribution in [2.75, 3.05) is 38.1 Å². The number of H-pyrrole nitrogens is 1. The minimum Gasteiger partial charge on any atom is -0.331 e. The zero-order valence-corrected chi connectivity index (χ0v) is 13.0. The number of fused-ring (bicyclic) bond motifs is 1. The van der Waals surface area contributed by atoms with Crippen molar-refractivity contribution >= 4 is 16.7 Å². The number of piperazine rings is 1. The van der Waals surface area contributed by atoms with E-state index in [9.17, 15) is 5.26 Å². The molecule has 4 nitrogen and oxygen atoms in total. The average Bonchev–Trinajstić information content (AvgIpc) is 2.47. The highest BCUT2D eigenvalue weighted by molar-refractivity contribution is 5.82. The summed E-state index contributed by atoms with van der Waals surface area (Å²) in [4.78, 5) is 7.38. The molecule has 1 aliphatic rings. The maximum absolute atomic E-state index is 9.50. The van der Waals surface area contributed by atoms with Crippen molar-refractivity contribution in [2.45, 2.75) is 13.8 Å². The first-order valence-electron chi connectivity index (χ1n) is 7.52. The monoisotopic (exact) mass is 282 g/mol. The maximum Gasteiger partial charge on any atom is 0.293 e. The number of nitriles is 1. The van der Waals surface area contributed by atoms with Crippen LogP contribution in [0.1, 0.15) is 16.7 Å². The minimum absolute atomic E-state index is 0.743. The largest absolute Gasteiger partial charge is 0.331 e. The van der Waals surface area contributed by atoms with Crippen molar-refractivity contribution in [3.05, 3.63) is 34.9 Å². The van der Waals surface area contributed by atoms with Gasteiger partial charge < -0.3 is 4.90 Å². The van der Waals surface area contributed by atoms with E-state index in [1.54, 1.807) is 4.90 Å². The minimum atomic E-state index is 0.743. The molecule has 2 aromatic rings. The predicted octanol–water partition coefficient (Wildman–Crippen LogP) is 0.477. The molecule has 2 N–H and O–H groups in total. The van der Waals surface area contributed by atoms with Crippen LogP contribution in [0.4, 0.5) is 5.82 Å². The number of benzene rings is 1. The van der Waals surface area contributed by atoms with E-state index >= 15 is 0 Å². The summed E-state index contributed by atoms with van der Waals surface area (Å²) in [5.41, 5.74) is 4.34. The van der Waals surface area contributed by atoms with Crippen LogP contribution in [0.25, 0.3) is 10.9 Å². The normalized spacial score (nSPS) is 16.2. The van der Waals surface area contributed by atoms with Gasteiger partial charge in [0.1, 0.15) is 43.3 Å². The third-order valence-corrected chi connectivity index (χ3v) is 4.36. The van der Waals surface area contributed by atoms with E-state index in [1.807, 2.05) is 6.07 Å². The zero-order valence-electron chi connectivity index (χ0n) is 13.0. The van der Waals surface area contributed by atoms with Gasteiger partial charge in [0, 0.05) is 5.39 Å². The van der Waals surface area contributed by atoms with Crippen LogP contribution in [0, 0.1) is 25.2 Å². The van der Waals surface area contributed by atoms with Crippen LogP contribution in [0.15, 0.2) is 18.2 Å². The molecule has 1 aromatic heterocycles. The summed E-state index contributed by atoms with van der Waals surface area (Å²) in [6.07, 6.45) is 0. The molecule has 108 valence electrons. The van der Waals surface area contributed by atoms with Gasteiger partial charge in [-0.05, 0) is 37.1 Å². The van der Waals surface area contributed by atoms with Crippen LogP contribution in [0.2, 0.25) is 0 Å². The second-order valence-corrected chi connectivity index (χ2v) is 6.13. The molecule has 2 heterocycles. The average molecular weight is 282 g/mol. The van der Waals surface area contributed by atoms with Gasteiger partial charge in [-0.25, -0.2) is 9.88 Å². The Hall–Kier alpha value is -2.12. The molecule has 0 radical (unpaired) electrons. The third kappa shape index (κ3) is 2.57. The van der Waals surface area contributed by atoms with Gasteiger partial charge >= 0.3 is 0 Å². The van der Waals surface area contributed by atoms with Gasteiger partial charge in [-0.3, -0.25) is 0 Å². The lowest BCUT2D eigenvalue weighted by atomic mass is 10.0. The Morgan fingerprint density at radius 2 is 1.90 bits per heavy atom. The van der Waals surface area contributed by atoms with Crippen LogP contribution < -0.4 is 14.8 Å². The van der Waals surface area contributed by atoms with Crippen molar-refractivity contribution in [3.63, 3.8) is 0 Å². The second-order valence-electron chi connectivity index (χ2n) is 6.13. The molecule has 4 heteroatoms. The van der Waals surface area contributed by atoms with Crippen LogP contribution in [0.3, 0.4) is 0 Å². The highest BCUT2D eigenvalue weighted by Gasteiger charge is 2.27. The Balaban J connectivity index is 2.11. The van der Waals surface area contributed by atoms with Crippen molar-refractivity contribution < 1.29 is 9.88 Å². The fourth-order valence-corrected chi connectivity index (χ4v) is 3.14. The molecule has 1 aromatic carbocycles. The zero-order chi connectivity index (χ0) is 15.0. The number of hydrogen-bond acceptors (Lipinski definition) is 2. The summed E-state index contributed by atoms with van der Waals surface area (Å²) in [6.45, 7) is 8.43. The van der Waals surface area contributed by atoms with Gasteiger partial charge in [0.15, 0.2) is 0 Å². The number of aryl methyl sites for hydroxylation is 2. The van der Waals surface area contributed by atoms with E-state index in [0.717, 1.165) is 48.5 Å². The van der Waals surface area contributed by atoms with Crippen molar-refractivity contribution in [3.8, 4) is 6.07 Å². The number of aromatic nitrogens is 1. The van der Waals surface area contributed by atoms with Gasteiger partial charge in [-0.15, -0.1) is 0 Å². The fraction of sp³-hybridized carbons (Fsp3) is 0.412. The van der Waals surface area contributed by atoms with Gasteiger partial charge in [-0.2, -0.15) is 5.26 Å². The summed E-state index contributed by atoms with van der Waals surface area (Å²) >= 11 is 0. The number of likely N-dealkylation sites (N-methyl/N-ethyl adjacent to an activating group) is 1. The second kappa shape index (κ2) is 5.34. The number of quaternary nitrogens is 1. The maximum atomic E-state index is 9.50. The molecule has 1 saturated heterocycles. The fourth-order valence-electron chi connectivity index (χ4n) is 3.14. The topological polar surface area (TPSA) is 45.6 Å². The lowest BCUT2D eigenvalue weighted by Gasteiger charge is -2.26. The molecule has 0 saturated carbocycles. The molecular weight excluding hydrogens is 260 g/mol. The van der Waals surface area contributed by atoms with E-state index in [4.69, 9.17) is 0 Å². The molecule has 21 heavy (non-hydrogen) atoms. The van der Waals surface area contributed by atoms with E-state index in [2.05, 4.69) is 49.0 Å². The SMILES string of the molecule is Cc1cc(C)c2[nH+]c(N3CC[NH+](C)CC3)c(C#N)cc2c1. The molecule has 0 bridgehead atoms. The van der Waals surface area contributed by atoms with Crippen molar-refractivity contribution in [1.82, 2.24) is 0 Å². The first-order valence-corrected chi connectivity index (χ1v) is 7.52. The van der Waals surface area contributed by atoms with Crippen molar-refractivity contribution in [1.29, 1.82) is 5.26 Å². The Morgan fingerprint density at radius 1 is 1.19 bits per heavy atom. The quantitative estimate of drug-likeness (QED) is 0.827. The smallest absolute Gasteiger partial charge is 0.293 e. The summed E-state index contributed by atoms with van der Waals surface area (Å²) < 4.78 is 0. The van der Waals surface area contributed by atoms with Crippen LogP contribution in [-0.2, 0) is 0 Å². The highest BCUT2D eigenvalue weighted by atomic mass is 15.3. The third-order valence-electron chi connectivity index (χ3n) is 4.36. The van der Waals surface area contributed by atoms with E-state index < -0.39 is 0 Å². The number of pyridine rings is 1. The van der Waals surface area contributed by atoms with E-state index in [-0.39, 0.29) is 0 Å². The van der Waals surface area contributed by atoms with Gasteiger partial charge in [0.2, 0.25) is 0 Å². The van der Waals surface area contributed by atoms with Crippen LogP contribution >= 0.6 is 0 Å². The number of anilines is 1. The number of rotatable bonds is 1. The molecule has 0 amide bonds. The van der Waals surface area contributed by atoms with Gasteiger partial charge in [-0.1, -0.05) is 6.07 Å². The molecule has 0 atom stereocenters. The van der Waals surface area contributed by atoms with Crippen LogP contribution in [0.5, 0.6) is 0 Å². The highest BCUT2D eigenvalue weighted by Crippen LogP contribution is 2.22. The molecule has 0 unspecified atom stereocenters. The summed E-state index contributed by atoms with van der Waals surface area (Å²) in [5, 5.41) is 10.6. The Morgan fingerprint density at radius 3 is 2.57 bits per heavy atom. The van der Waals surface area contributed by atoms with Crippen LogP contribution in [-0.4, -0.2) is 33.2 Å². The summed E-state index contributed by atoms with van der Waals surface area (Å²) in [5.74, 6) is 0.976. The number of hydrogen-bond donors (Lipinski definition) is 1. The lowest BCUT2D eigenvalue weighted by molar-refractivity contribution is -0.880. The molecule has 0 spiro atoms. The number of aromatic amines is 1. The van der Waals surface area contributed by atoms with Gasteiger partial charge in [0.25, 0.3) is 5.82 Å². The molecule has 1 aliphatic heterocycles. The Bertz CT molecular complexity index is 722. The standard InChI is InChI=1S/C17H20N4/c1-12-8-13(2)16-14(9-12)10-15(11-18)17(19-16)21-6-4-20(3)5-7-21/h8-10H,4-7H2,1-3H3/p+2. The van der Waals surface area contributed by atoms with E-state index in [0.29, 0.717) is 0 Å². The van der Waals surface area contributed by atoms with Gasteiger partial charge in [0.05, 0.1) is 7.05 Å². The summed E-state index contributed by atoms with van der Waals surface area (Å²) in [6, 6.07) is 8.70. The predicted molar refractivity (Wildman–Crippen MR) is 83.5 cm³/mol.